The highest BCUT2D eigenvalue weighted by Crippen LogP contribution is 2.40. The summed E-state index contributed by atoms with van der Waals surface area (Å²) in [5.41, 5.74) is 0.851. The first kappa shape index (κ1) is 16.1. The molecule has 0 saturated carbocycles. The summed E-state index contributed by atoms with van der Waals surface area (Å²) in [7, 11) is 0. The molecular weight excluding hydrogens is 312 g/mol. The summed E-state index contributed by atoms with van der Waals surface area (Å²) in [6.45, 7) is 7.30. The molecule has 0 radical (unpaired) electrons. The van der Waals surface area contributed by atoms with Gasteiger partial charge in [0.05, 0.1) is 12.2 Å². The maximum Gasteiger partial charge on any atom is 0.166 e. The lowest BCUT2D eigenvalue weighted by molar-refractivity contribution is -0.145. The number of rotatable bonds is 1. The maximum absolute atomic E-state index is 12.5. The Bertz CT molecular complexity index is 613. The molecule has 0 aromatic carbocycles. The Labute approximate surface area is 140 Å². The molecule has 24 heavy (non-hydrogen) atoms. The lowest BCUT2D eigenvalue weighted by Crippen LogP contribution is -2.35. The van der Waals surface area contributed by atoms with Crippen LogP contribution in [0.3, 0.4) is 0 Å². The quantitative estimate of drug-likeness (QED) is 0.728. The van der Waals surface area contributed by atoms with Crippen molar-refractivity contribution in [1.82, 2.24) is 0 Å². The van der Waals surface area contributed by atoms with Crippen LogP contribution in [0.15, 0.2) is 23.3 Å². The topological polar surface area (TPSA) is 71.1 Å². The number of fused-ring (bicyclic) bond motifs is 2. The summed E-state index contributed by atoms with van der Waals surface area (Å²) in [5, 5.41) is 0. The molecule has 4 rings (SSSR count). The van der Waals surface area contributed by atoms with Crippen molar-refractivity contribution >= 4 is 11.6 Å². The van der Waals surface area contributed by atoms with E-state index in [-0.39, 0.29) is 48.8 Å². The van der Waals surface area contributed by atoms with Crippen LogP contribution in [0.2, 0.25) is 0 Å². The van der Waals surface area contributed by atoms with Gasteiger partial charge in [0, 0.05) is 24.0 Å². The van der Waals surface area contributed by atoms with Crippen LogP contribution in [-0.2, 0) is 28.5 Å². The molecule has 0 unspecified atom stereocenters. The fourth-order valence-electron chi connectivity index (χ4n) is 3.90. The normalized spacial score (nSPS) is 40.0. The van der Waals surface area contributed by atoms with E-state index in [2.05, 4.69) is 0 Å². The van der Waals surface area contributed by atoms with Gasteiger partial charge in [-0.05, 0) is 39.8 Å². The summed E-state index contributed by atoms with van der Waals surface area (Å²) < 4.78 is 23.2. The zero-order valence-corrected chi connectivity index (χ0v) is 14.3. The van der Waals surface area contributed by atoms with Gasteiger partial charge in [0.15, 0.2) is 23.1 Å². The van der Waals surface area contributed by atoms with Crippen molar-refractivity contribution in [2.75, 3.05) is 0 Å². The third-order valence-electron chi connectivity index (χ3n) is 4.77. The second-order valence-electron chi connectivity index (χ2n) is 7.69. The third-order valence-corrected chi connectivity index (χ3v) is 4.77. The molecule has 2 saturated heterocycles. The molecule has 4 aliphatic rings. The van der Waals surface area contributed by atoms with Crippen molar-refractivity contribution in [1.29, 1.82) is 0 Å². The number of allylic oxidation sites excluding steroid dienone is 2. The number of carbonyl (C=O) groups is 2. The Kier molecular flexibility index (Phi) is 3.42. The summed E-state index contributed by atoms with van der Waals surface area (Å²) in [6, 6.07) is 0. The molecule has 0 spiro atoms. The average molecular weight is 334 g/mol. The first-order chi connectivity index (χ1) is 11.1. The monoisotopic (exact) mass is 334 g/mol. The number of ketones is 2. The standard InChI is InChI=1S/C18H22O6/c1-17(2)21-13-5-9(11(19)7-15(13)23-17)10-6-14-16(8-12(10)20)24-18(3,4)22-14/h5-6,13-16H,7-8H2,1-4H3/t13-,14-,15+,16+/m0/s1. The highest BCUT2D eigenvalue weighted by Gasteiger charge is 2.48. The van der Waals surface area contributed by atoms with Gasteiger partial charge < -0.3 is 18.9 Å². The summed E-state index contributed by atoms with van der Waals surface area (Å²) in [5.74, 6) is -1.61. The summed E-state index contributed by atoms with van der Waals surface area (Å²) in [4.78, 5) is 25.1. The molecule has 2 aliphatic carbocycles. The van der Waals surface area contributed by atoms with Crippen LogP contribution in [0.4, 0.5) is 0 Å². The fourth-order valence-corrected chi connectivity index (χ4v) is 3.90. The molecule has 0 aromatic heterocycles. The average Bonchev–Trinajstić information content (AvgIpc) is 2.89. The Balaban J connectivity index is 1.65. The summed E-state index contributed by atoms with van der Waals surface area (Å²) >= 11 is 0. The molecule has 6 nitrogen and oxygen atoms in total. The van der Waals surface area contributed by atoms with Crippen molar-refractivity contribution in [2.24, 2.45) is 0 Å². The molecule has 0 amide bonds. The van der Waals surface area contributed by atoms with Gasteiger partial charge in [0.25, 0.3) is 0 Å². The van der Waals surface area contributed by atoms with Gasteiger partial charge in [-0.25, -0.2) is 0 Å². The van der Waals surface area contributed by atoms with Crippen molar-refractivity contribution in [3.63, 3.8) is 0 Å². The Hall–Kier alpha value is -1.34. The SMILES string of the molecule is CC1(C)O[C@H]2C=C(C3=C[C@@H]4OC(C)(C)O[C@@H]4CC3=O)C(=O)C[C@H]2O1. The lowest BCUT2D eigenvalue weighted by atomic mass is 9.82. The Morgan fingerprint density at radius 3 is 1.50 bits per heavy atom. The summed E-state index contributed by atoms with van der Waals surface area (Å²) in [6.07, 6.45) is 2.73. The highest BCUT2D eigenvalue weighted by molar-refractivity contribution is 6.13. The van der Waals surface area contributed by atoms with E-state index >= 15 is 0 Å². The Morgan fingerprint density at radius 1 is 0.750 bits per heavy atom. The van der Waals surface area contributed by atoms with Crippen LogP contribution >= 0.6 is 0 Å². The van der Waals surface area contributed by atoms with Gasteiger partial charge in [-0.15, -0.1) is 0 Å². The van der Waals surface area contributed by atoms with E-state index in [0.717, 1.165) is 0 Å². The minimum Gasteiger partial charge on any atom is -0.344 e. The van der Waals surface area contributed by atoms with E-state index in [4.69, 9.17) is 18.9 Å². The van der Waals surface area contributed by atoms with Crippen molar-refractivity contribution < 1.29 is 28.5 Å². The Morgan fingerprint density at radius 2 is 1.12 bits per heavy atom. The van der Waals surface area contributed by atoms with E-state index in [1.165, 1.54) is 0 Å². The zero-order chi connectivity index (χ0) is 17.3. The van der Waals surface area contributed by atoms with Crippen molar-refractivity contribution in [2.45, 2.75) is 76.5 Å². The van der Waals surface area contributed by atoms with Gasteiger partial charge in [-0.1, -0.05) is 0 Å². The van der Waals surface area contributed by atoms with Crippen LogP contribution in [-0.4, -0.2) is 47.6 Å². The number of hydrogen-bond acceptors (Lipinski definition) is 6. The van der Waals surface area contributed by atoms with Gasteiger partial charge in [0.2, 0.25) is 0 Å². The van der Waals surface area contributed by atoms with E-state index in [1.54, 1.807) is 12.2 Å². The van der Waals surface area contributed by atoms with E-state index in [9.17, 15) is 9.59 Å². The molecule has 6 heteroatoms. The predicted octanol–water partition coefficient (Wildman–Crippen LogP) is 1.82. The number of carbonyl (C=O) groups excluding carboxylic acids is 2. The van der Waals surface area contributed by atoms with Crippen LogP contribution in [0.1, 0.15) is 40.5 Å². The lowest BCUT2D eigenvalue weighted by Gasteiger charge is -2.26. The first-order valence-corrected chi connectivity index (χ1v) is 8.35. The third kappa shape index (κ3) is 2.67. The molecule has 130 valence electrons. The van der Waals surface area contributed by atoms with Gasteiger partial charge in [-0.3, -0.25) is 9.59 Å². The van der Waals surface area contributed by atoms with Crippen molar-refractivity contribution in [3.05, 3.63) is 23.3 Å². The van der Waals surface area contributed by atoms with E-state index < -0.39 is 11.6 Å². The minimum atomic E-state index is -0.718. The van der Waals surface area contributed by atoms with Gasteiger partial charge in [0.1, 0.15) is 12.2 Å². The fraction of sp³-hybridized carbons (Fsp3) is 0.667. The number of ether oxygens (including phenoxy) is 4. The van der Waals surface area contributed by atoms with Crippen LogP contribution in [0.25, 0.3) is 0 Å². The van der Waals surface area contributed by atoms with Crippen LogP contribution in [0, 0.1) is 0 Å². The minimum absolute atomic E-state index is 0.0891. The zero-order valence-electron chi connectivity index (χ0n) is 14.3. The molecule has 2 heterocycles. The molecule has 0 aromatic rings. The molecule has 0 N–H and O–H groups in total. The van der Waals surface area contributed by atoms with E-state index in [0.29, 0.717) is 11.1 Å². The highest BCUT2D eigenvalue weighted by atomic mass is 16.8. The molecule has 0 bridgehead atoms. The predicted molar refractivity (Wildman–Crippen MR) is 83.1 cm³/mol. The molecule has 4 atom stereocenters. The van der Waals surface area contributed by atoms with E-state index in [1.807, 2.05) is 27.7 Å². The van der Waals surface area contributed by atoms with Gasteiger partial charge >= 0.3 is 0 Å². The number of Topliss-reactive ketones (excluding diaryl/α,β-unsaturated/α-hetero) is 2. The molecular formula is C18H22O6. The largest absolute Gasteiger partial charge is 0.344 e. The van der Waals surface area contributed by atoms with Crippen LogP contribution in [0.5, 0.6) is 0 Å². The number of hydrogen-bond donors (Lipinski definition) is 0. The molecule has 2 fully saturated rings. The second kappa shape index (κ2) is 5.08. The van der Waals surface area contributed by atoms with Gasteiger partial charge in [-0.2, -0.15) is 0 Å². The maximum atomic E-state index is 12.5. The first-order valence-electron chi connectivity index (χ1n) is 8.35. The second-order valence-corrected chi connectivity index (χ2v) is 7.69. The van der Waals surface area contributed by atoms with Crippen LogP contribution < -0.4 is 0 Å². The van der Waals surface area contributed by atoms with Crippen molar-refractivity contribution in [3.8, 4) is 0 Å². The molecule has 2 aliphatic heterocycles. The smallest absolute Gasteiger partial charge is 0.166 e.